The molecule has 1 aromatic heterocycles. The summed E-state index contributed by atoms with van der Waals surface area (Å²) in [6.07, 6.45) is 5.10. The number of carbonyl (C=O) groups is 1. The van der Waals surface area contributed by atoms with Crippen LogP contribution in [0.1, 0.15) is 35.2 Å². The number of benzene rings is 3. The van der Waals surface area contributed by atoms with Gasteiger partial charge in [0.2, 0.25) is 17.8 Å². The van der Waals surface area contributed by atoms with E-state index in [1.165, 1.54) is 6.42 Å². The minimum Gasteiger partial charge on any atom is -0.423 e. The topological polar surface area (TPSA) is 105 Å². The molecule has 0 unspecified atom stereocenters. The van der Waals surface area contributed by atoms with Crippen LogP contribution in [-0.2, 0) is 0 Å². The number of carbonyl (C=O) groups excluding carboxylic acids is 1. The van der Waals surface area contributed by atoms with E-state index >= 15 is 0 Å². The second-order valence-electron chi connectivity index (χ2n) is 8.52. The van der Waals surface area contributed by atoms with Crippen LogP contribution in [0.2, 0.25) is 0 Å². The van der Waals surface area contributed by atoms with Gasteiger partial charge >= 0.3 is 5.97 Å². The first-order chi connectivity index (χ1) is 18.2. The van der Waals surface area contributed by atoms with E-state index in [0.717, 1.165) is 37.2 Å². The van der Waals surface area contributed by atoms with Gasteiger partial charge in [-0.25, -0.2) is 10.2 Å². The van der Waals surface area contributed by atoms with Crippen molar-refractivity contribution in [1.29, 1.82) is 0 Å². The van der Waals surface area contributed by atoms with Gasteiger partial charge < -0.3 is 15.0 Å². The highest BCUT2D eigenvalue weighted by Gasteiger charge is 2.16. The first-order valence-corrected chi connectivity index (χ1v) is 12.2. The Bertz CT molecular complexity index is 1340. The number of hydrogen-bond acceptors (Lipinski definition) is 9. The molecule has 4 aromatic rings. The van der Waals surface area contributed by atoms with Gasteiger partial charge in [-0.1, -0.05) is 36.4 Å². The van der Waals surface area contributed by atoms with E-state index < -0.39 is 5.97 Å². The number of anilines is 4. The Morgan fingerprint density at radius 3 is 2.22 bits per heavy atom. The highest BCUT2D eigenvalue weighted by molar-refractivity contribution is 5.91. The number of rotatable bonds is 8. The van der Waals surface area contributed by atoms with Gasteiger partial charge in [0.05, 0.1) is 11.8 Å². The van der Waals surface area contributed by atoms with Gasteiger partial charge in [-0.3, -0.25) is 0 Å². The van der Waals surface area contributed by atoms with Crippen LogP contribution in [0.25, 0.3) is 0 Å². The van der Waals surface area contributed by atoms with Crippen LogP contribution < -0.4 is 20.4 Å². The fraction of sp³-hybridized carbons (Fsp3) is 0.179. The first kappa shape index (κ1) is 23.9. The maximum atomic E-state index is 12.2. The quantitative estimate of drug-likeness (QED) is 0.148. The predicted molar refractivity (Wildman–Crippen MR) is 145 cm³/mol. The smallest absolute Gasteiger partial charge is 0.343 e. The number of nitrogens with one attached hydrogen (secondary N) is 2. The molecule has 1 aliphatic heterocycles. The van der Waals surface area contributed by atoms with E-state index in [1.54, 1.807) is 42.6 Å². The van der Waals surface area contributed by atoms with Crippen LogP contribution in [-0.4, -0.2) is 40.2 Å². The summed E-state index contributed by atoms with van der Waals surface area (Å²) in [5.41, 5.74) is 5.13. The number of aromatic nitrogens is 3. The lowest BCUT2D eigenvalue weighted by atomic mass is 10.1. The summed E-state index contributed by atoms with van der Waals surface area (Å²) in [4.78, 5) is 28.1. The van der Waals surface area contributed by atoms with Crippen molar-refractivity contribution in [2.75, 3.05) is 28.7 Å². The van der Waals surface area contributed by atoms with E-state index in [-0.39, 0.29) is 0 Å². The highest BCUT2D eigenvalue weighted by Crippen LogP contribution is 2.21. The maximum absolute atomic E-state index is 12.2. The Labute approximate surface area is 215 Å². The van der Waals surface area contributed by atoms with E-state index in [1.807, 2.05) is 48.5 Å². The Morgan fingerprint density at radius 1 is 0.811 bits per heavy atom. The Kier molecular flexibility index (Phi) is 7.61. The zero-order valence-electron chi connectivity index (χ0n) is 20.2. The number of hydrazone groups is 1. The number of nitrogens with zero attached hydrogens (tertiary/aromatic N) is 5. The molecule has 1 saturated heterocycles. The van der Waals surface area contributed by atoms with Crippen molar-refractivity contribution in [3.8, 4) is 5.75 Å². The van der Waals surface area contributed by atoms with E-state index in [2.05, 4.69) is 35.7 Å². The van der Waals surface area contributed by atoms with Crippen molar-refractivity contribution in [3.05, 3.63) is 96.1 Å². The van der Waals surface area contributed by atoms with Gasteiger partial charge in [0.25, 0.3) is 0 Å². The van der Waals surface area contributed by atoms with Crippen molar-refractivity contribution in [2.45, 2.75) is 19.3 Å². The fourth-order valence-corrected chi connectivity index (χ4v) is 3.88. The van der Waals surface area contributed by atoms with Crippen LogP contribution in [0.15, 0.2) is 90.0 Å². The summed E-state index contributed by atoms with van der Waals surface area (Å²) < 4.78 is 5.42. The fourth-order valence-electron chi connectivity index (χ4n) is 3.88. The third-order valence-electron chi connectivity index (χ3n) is 5.77. The maximum Gasteiger partial charge on any atom is 0.343 e. The summed E-state index contributed by atoms with van der Waals surface area (Å²) in [6, 6.07) is 25.7. The highest BCUT2D eigenvalue weighted by atomic mass is 16.5. The zero-order chi connectivity index (χ0) is 25.3. The molecule has 0 radical (unpaired) electrons. The molecular formula is C28H27N7O2. The van der Waals surface area contributed by atoms with Gasteiger partial charge in [0, 0.05) is 18.8 Å². The molecule has 186 valence electrons. The minimum atomic E-state index is -0.400. The molecular weight excluding hydrogens is 466 g/mol. The van der Waals surface area contributed by atoms with Crippen molar-refractivity contribution in [1.82, 2.24) is 15.0 Å². The predicted octanol–water partition coefficient (Wildman–Crippen LogP) is 5.27. The summed E-state index contributed by atoms with van der Waals surface area (Å²) >= 11 is 0. The zero-order valence-corrected chi connectivity index (χ0v) is 20.2. The third-order valence-corrected chi connectivity index (χ3v) is 5.77. The molecule has 0 spiro atoms. The van der Waals surface area contributed by atoms with Gasteiger partial charge in [0.1, 0.15) is 5.75 Å². The molecule has 0 bridgehead atoms. The van der Waals surface area contributed by atoms with Gasteiger partial charge in [-0.05, 0) is 73.4 Å². The molecule has 1 aliphatic rings. The number of hydrogen-bond donors (Lipinski definition) is 2. The van der Waals surface area contributed by atoms with E-state index in [0.29, 0.717) is 29.2 Å². The van der Waals surface area contributed by atoms with Gasteiger partial charge in [0.15, 0.2) is 0 Å². The van der Waals surface area contributed by atoms with Crippen LogP contribution in [0.3, 0.4) is 0 Å². The molecule has 5 rings (SSSR count). The molecule has 9 heteroatoms. The average molecular weight is 494 g/mol. The molecule has 0 aliphatic carbocycles. The van der Waals surface area contributed by atoms with Crippen molar-refractivity contribution in [2.24, 2.45) is 5.10 Å². The van der Waals surface area contributed by atoms with Crippen molar-refractivity contribution < 1.29 is 9.53 Å². The number of piperidine rings is 1. The van der Waals surface area contributed by atoms with Crippen LogP contribution in [0.4, 0.5) is 23.5 Å². The summed E-state index contributed by atoms with van der Waals surface area (Å²) in [7, 11) is 0. The SMILES string of the molecule is O=C(Oc1ccc(C=NNc2nc(Nc3ccccc3)nc(N3CCCCC3)n2)cc1)c1ccccc1. The van der Waals surface area contributed by atoms with Crippen LogP contribution >= 0.6 is 0 Å². The second kappa shape index (κ2) is 11.8. The molecule has 37 heavy (non-hydrogen) atoms. The monoisotopic (exact) mass is 493 g/mol. The molecule has 9 nitrogen and oxygen atoms in total. The lowest BCUT2D eigenvalue weighted by Gasteiger charge is -2.26. The molecule has 0 saturated carbocycles. The lowest BCUT2D eigenvalue weighted by Crippen LogP contribution is -2.31. The van der Waals surface area contributed by atoms with Crippen LogP contribution in [0, 0.1) is 0 Å². The first-order valence-electron chi connectivity index (χ1n) is 12.2. The number of para-hydroxylation sites is 1. The number of ether oxygens (including phenoxy) is 1. The Morgan fingerprint density at radius 2 is 1.49 bits per heavy atom. The number of esters is 1. The lowest BCUT2D eigenvalue weighted by molar-refractivity contribution is 0.0734. The Hall–Kier alpha value is -4.79. The van der Waals surface area contributed by atoms with Crippen molar-refractivity contribution >= 4 is 35.7 Å². The largest absolute Gasteiger partial charge is 0.423 e. The molecule has 3 aromatic carbocycles. The third kappa shape index (κ3) is 6.66. The standard InChI is InChI=1S/C28H27N7O2/c36-25(22-10-4-1-5-11-22)37-24-16-14-21(15-17-24)20-29-34-27-31-26(30-23-12-6-2-7-13-23)32-28(33-27)35-18-8-3-9-19-35/h1-2,4-7,10-17,20H,3,8-9,18-19H2,(H2,30,31,32,33,34). The molecule has 0 atom stereocenters. The average Bonchev–Trinajstić information content (AvgIpc) is 2.95. The van der Waals surface area contributed by atoms with E-state index in [9.17, 15) is 4.79 Å². The normalized spacial score (nSPS) is 13.4. The summed E-state index contributed by atoms with van der Waals surface area (Å²) in [6.45, 7) is 1.83. The molecule has 2 heterocycles. The van der Waals surface area contributed by atoms with Gasteiger partial charge in [-0.15, -0.1) is 0 Å². The minimum absolute atomic E-state index is 0.346. The molecule has 2 N–H and O–H groups in total. The van der Waals surface area contributed by atoms with E-state index in [4.69, 9.17) is 4.74 Å². The molecule has 0 amide bonds. The summed E-state index contributed by atoms with van der Waals surface area (Å²) in [5.74, 6) is 1.47. The summed E-state index contributed by atoms with van der Waals surface area (Å²) in [5, 5.41) is 7.55. The van der Waals surface area contributed by atoms with Gasteiger partial charge in [-0.2, -0.15) is 20.1 Å². The van der Waals surface area contributed by atoms with Crippen LogP contribution in [0.5, 0.6) is 5.75 Å². The molecule has 1 fully saturated rings. The van der Waals surface area contributed by atoms with Crippen molar-refractivity contribution in [3.63, 3.8) is 0 Å². The Balaban J connectivity index is 1.26. The second-order valence-corrected chi connectivity index (χ2v) is 8.52.